The summed E-state index contributed by atoms with van der Waals surface area (Å²) < 4.78 is 2.42. The summed E-state index contributed by atoms with van der Waals surface area (Å²) >= 11 is 4.18. The third-order valence-electron chi connectivity index (χ3n) is 4.16. The maximum absolute atomic E-state index is 4.91. The van der Waals surface area contributed by atoms with Crippen LogP contribution in [-0.2, 0) is 6.54 Å². The van der Waals surface area contributed by atoms with Crippen molar-refractivity contribution in [2.45, 2.75) is 42.7 Å². The summed E-state index contributed by atoms with van der Waals surface area (Å²) in [6, 6.07) is 4.10. The Morgan fingerprint density at radius 1 is 1.20 bits per heavy atom. The van der Waals surface area contributed by atoms with Gasteiger partial charge < -0.3 is 4.57 Å². The summed E-state index contributed by atoms with van der Waals surface area (Å²) in [5.74, 6) is 3.87. The average Bonchev–Trinajstić information content (AvgIpc) is 3.19. The fraction of sp³-hybridized carbons (Fsp3) is 0.600. The molecule has 0 aromatic carbocycles. The Labute approximate surface area is 127 Å². The molecule has 2 saturated heterocycles. The molecule has 0 N–H and O–H groups in total. The molecule has 2 unspecified atom stereocenters. The summed E-state index contributed by atoms with van der Waals surface area (Å²) in [7, 11) is 0. The largest absolute Gasteiger partial charge is 0.311 e. The van der Waals surface area contributed by atoms with Crippen LogP contribution in [0.3, 0.4) is 0 Å². The standard InChI is InChI=1S/C15H19N3S2/c1-5-12-14(16-7-1)18(10-11-4-2-8-19-11)15(17-12)13-6-3-9-20-13/h1,5,7,11,13H,2-4,6,8-10H2. The van der Waals surface area contributed by atoms with Crippen molar-refractivity contribution in [2.75, 3.05) is 11.5 Å². The van der Waals surface area contributed by atoms with Crippen LogP contribution in [0.2, 0.25) is 0 Å². The van der Waals surface area contributed by atoms with E-state index >= 15 is 0 Å². The zero-order valence-corrected chi connectivity index (χ0v) is 13.1. The van der Waals surface area contributed by atoms with Crippen molar-refractivity contribution in [3.05, 3.63) is 24.2 Å². The van der Waals surface area contributed by atoms with Gasteiger partial charge in [0.05, 0.1) is 5.25 Å². The lowest BCUT2D eigenvalue weighted by atomic mass is 10.2. The van der Waals surface area contributed by atoms with Gasteiger partial charge in [0.15, 0.2) is 5.65 Å². The summed E-state index contributed by atoms with van der Waals surface area (Å²) in [4.78, 5) is 9.50. The number of hydrogen-bond donors (Lipinski definition) is 0. The lowest BCUT2D eigenvalue weighted by molar-refractivity contribution is 0.609. The smallest absolute Gasteiger partial charge is 0.160 e. The van der Waals surface area contributed by atoms with Crippen LogP contribution in [0.1, 0.15) is 36.8 Å². The highest BCUT2D eigenvalue weighted by atomic mass is 32.2. The van der Waals surface area contributed by atoms with E-state index in [0.29, 0.717) is 5.25 Å². The van der Waals surface area contributed by atoms with Gasteiger partial charge in [-0.2, -0.15) is 23.5 Å². The maximum Gasteiger partial charge on any atom is 0.160 e. The Morgan fingerprint density at radius 2 is 2.10 bits per heavy atom. The third-order valence-corrected chi connectivity index (χ3v) is 6.91. The molecule has 0 amide bonds. The van der Waals surface area contributed by atoms with Crippen LogP contribution in [0.5, 0.6) is 0 Å². The van der Waals surface area contributed by atoms with Gasteiger partial charge in [0, 0.05) is 18.0 Å². The molecule has 0 saturated carbocycles. The van der Waals surface area contributed by atoms with Crippen molar-refractivity contribution in [1.29, 1.82) is 0 Å². The quantitative estimate of drug-likeness (QED) is 0.860. The monoisotopic (exact) mass is 305 g/mol. The number of pyridine rings is 1. The first-order valence-corrected chi connectivity index (χ1v) is 9.56. The second-order valence-electron chi connectivity index (χ2n) is 5.56. The van der Waals surface area contributed by atoms with E-state index in [1.54, 1.807) is 0 Å². The Hall–Kier alpha value is -0.680. The van der Waals surface area contributed by atoms with Crippen LogP contribution in [0.25, 0.3) is 11.2 Å². The highest BCUT2D eigenvalue weighted by molar-refractivity contribution is 8.00. The SMILES string of the molecule is c1cnc2c(c1)nc(C1CCCS1)n2CC1CCCS1. The summed E-state index contributed by atoms with van der Waals surface area (Å²) in [6.07, 6.45) is 7.20. The molecule has 2 fully saturated rings. The van der Waals surface area contributed by atoms with Gasteiger partial charge in [0.25, 0.3) is 0 Å². The first-order chi connectivity index (χ1) is 9.92. The highest BCUT2D eigenvalue weighted by Crippen LogP contribution is 2.41. The fourth-order valence-corrected chi connectivity index (χ4v) is 5.71. The summed E-state index contributed by atoms with van der Waals surface area (Å²) in [5, 5.41) is 1.33. The van der Waals surface area contributed by atoms with Gasteiger partial charge in [-0.15, -0.1) is 0 Å². The van der Waals surface area contributed by atoms with Crippen molar-refractivity contribution in [1.82, 2.24) is 14.5 Å². The Kier molecular flexibility index (Phi) is 3.65. The van der Waals surface area contributed by atoms with Gasteiger partial charge >= 0.3 is 0 Å². The third kappa shape index (κ3) is 2.35. The van der Waals surface area contributed by atoms with E-state index < -0.39 is 0 Å². The van der Waals surface area contributed by atoms with Gasteiger partial charge in [0.2, 0.25) is 0 Å². The topological polar surface area (TPSA) is 30.7 Å². The number of nitrogens with zero attached hydrogens (tertiary/aromatic N) is 3. The number of imidazole rings is 1. The molecule has 2 aromatic rings. The first kappa shape index (κ1) is 13.0. The molecule has 5 heteroatoms. The van der Waals surface area contributed by atoms with Crippen molar-refractivity contribution in [3.63, 3.8) is 0 Å². The van der Waals surface area contributed by atoms with Gasteiger partial charge in [-0.3, -0.25) is 0 Å². The highest BCUT2D eigenvalue weighted by Gasteiger charge is 2.26. The van der Waals surface area contributed by atoms with Gasteiger partial charge in [-0.05, 0) is 49.3 Å². The van der Waals surface area contributed by atoms with E-state index in [9.17, 15) is 0 Å². The zero-order chi connectivity index (χ0) is 13.4. The van der Waals surface area contributed by atoms with E-state index in [0.717, 1.165) is 23.0 Å². The molecule has 4 heterocycles. The first-order valence-electron chi connectivity index (χ1n) is 7.46. The minimum atomic E-state index is 0.579. The van der Waals surface area contributed by atoms with E-state index in [4.69, 9.17) is 4.98 Å². The van der Waals surface area contributed by atoms with E-state index in [-0.39, 0.29) is 0 Å². The number of aromatic nitrogens is 3. The van der Waals surface area contributed by atoms with Gasteiger partial charge in [-0.25, -0.2) is 9.97 Å². The summed E-state index contributed by atoms with van der Waals surface area (Å²) in [5.41, 5.74) is 2.15. The van der Waals surface area contributed by atoms with Crippen LogP contribution in [-0.4, -0.2) is 31.3 Å². The minimum Gasteiger partial charge on any atom is -0.311 e. The van der Waals surface area contributed by atoms with Gasteiger partial charge in [0.1, 0.15) is 11.3 Å². The van der Waals surface area contributed by atoms with Crippen LogP contribution in [0.4, 0.5) is 0 Å². The molecule has 0 bridgehead atoms. The Morgan fingerprint density at radius 3 is 2.90 bits per heavy atom. The van der Waals surface area contributed by atoms with Crippen LogP contribution >= 0.6 is 23.5 Å². The molecule has 0 aliphatic carbocycles. The Balaban J connectivity index is 1.75. The molecule has 2 aliphatic rings. The second-order valence-corrected chi connectivity index (χ2v) is 8.28. The Bertz CT molecular complexity index is 598. The number of thioether (sulfide) groups is 2. The average molecular weight is 305 g/mol. The molecule has 2 aromatic heterocycles. The van der Waals surface area contributed by atoms with E-state index in [2.05, 4.69) is 39.1 Å². The van der Waals surface area contributed by atoms with Crippen molar-refractivity contribution < 1.29 is 0 Å². The van der Waals surface area contributed by atoms with Crippen LogP contribution in [0, 0.1) is 0 Å². The number of hydrogen-bond acceptors (Lipinski definition) is 4. The molecule has 2 atom stereocenters. The lowest BCUT2D eigenvalue weighted by Gasteiger charge is -2.16. The molecule has 2 aliphatic heterocycles. The zero-order valence-electron chi connectivity index (χ0n) is 11.5. The van der Waals surface area contributed by atoms with Crippen molar-refractivity contribution >= 4 is 34.7 Å². The molecular weight excluding hydrogens is 286 g/mol. The van der Waals surface area contributed by atoms with Crippen LogP contribution < -0.4 is 0 Å². The fourth-order valence-electron chi connectivity index (χ4n) is 3.18. The molecule has 0 spiro atoms. The van der Waals surface area contributed by atoms with E-state index in [1.165, 1.54) is 43.0 Å². The number of fused-ring (bicyclic) bond motifs is 1. The lowest BCUT2D eigenvalue weighted by Crippen LogP contribution is -2.14. The normalized spacial score (nSPS) is 26.6. The second kappa shape index (κ2) is 5.60. The van der Waals surface area contributed by atoms with Crippen LogP contribution in [0.15, 0.2) is 18.3 Å². The predicted molar refractivity (Wildman–Crippen MR) is 87.4 cm³/mol. The van der Waals surface area contributed by atoms with Gasteiger partial charge in [-0.1, -0.05) is 0 Å². The molecule has 106 valence electrons. The molecule has 3 nitrogen and oxygen atoms in total. The van der Waals surface area contributed by atoms with Crippen molar-refractivity contribution in [3.8, 4) is 0 Å². The number of rotatable bonds is 3. The van der Waals surface area contributed by atoms with E-state index in [1.807, 2.05) is 12.3 Å². The molecular formula is C15H19N3S2. The van der Waals surface area contributed by atoms with Crippen molar-refractivity contribution in [2.24, 2.45) is 0 Å². The summed E-state index contributed by atoms with van der Waals surface area (Å²) in [6.45, 7) is 1.09. The molecule has 0 radical (unpaired) electrons. The maximum atomic E-state index is 4.91. The molecule has 4 rings (SSSR count). The predicted octanol–water partition coefficient (Wildman–Crippen LogP) is 3.90. The molecule has 20 heavy (non-hydrogen) atoms. The minimum absolute atomic E-state index is 0.579.